The molecule has 0 saturated carbocycles. The monoisotopic (exact) mass is 243 g/mol. The fraction of sp³-hybridized carbons (Fsp3) is 1.00. The maximum atomic E-state index is 2.80. The van der Waals surface area contributed by atoms with E-state index in [4.69, 9.17) is 0 Å². The molecular weight excluding hydrogens is 210 g/mol. The van der Waals surface area contributed by atoms with Crippen LogP contribution in [0.3, 0.4) is 0 Å². The summed E-state index contributed by atoms with van der Waals surface area (Å²) < 4.78 is 2.80. The quantitative estimate of drug-likeness (QED) is 0.635. The minimum atomic E-state index is -1.47. The first-order valence-electron chi connectivity index (χ1n) is 6.83. The lowest BCUT2D eigenvalue weighted by atomic mass is 10.2. The maximum absolute atomic E-state index is 2.80. The topological polar surface area (TPSA) is 3.24 Å². The van der Waals surface area contributed by atoms with Crippen molar-refractivity contribution < 1.29 is 0 Å². The molecule has 0 bridgehead atoms. The van der Waals surface area contributed by atoms with Crippen molar-refractivity contribution in [2.75, 3.05) is 13.1 Å². The van der Waals surface area contributed by atoms with Gasteiger partial charge in [0.25, 0.3) is 0 Å². The van der Waals surface area contributed by atoms with Gasteiger partial charge in [0.05, 0.1) is 0 Å². The van der Waals surface area contributed by atoms with Crippen molar-refractivity contribution in [1.29, 1.82) is 0 Å². The van der Waals surface area contributed by atoms with E-state index in [9.17, 15) is 0 Å². The largest absolute Gasteiger partial charge is 0.323 e. The van der Waals surface area contributed by atoms with Crippen LogP contribution in [0, 0.1) is 0 Å². The molecule has 0 aromatic rings. The first-order chi connectivity index (χ1) is 7.08. The standard InChI is InChI=1S/C14H33NSi/c1-10-15(11-2)16(12-3,13(4,5)6)14(7,8)9/h10-12H2,1-9H3. The number of hydrogen-bond acceptors (Lipinski definition) is 1. The minimum Gasteiger partial charge on any atom is -0.323 e. The molecule has 0 N–H and O–H groups in total. The molecule has 0 amide bonds. The number of hydrogen-bond donors (Lipinski definition) is 0. The van der Waals surface area contributed by atoms with E-state index in [1.165, 1.54) is 19.1 Å². The van der Waals surface area contributed by atoms with Gasteiger partial charge in [0.2, 0.25) is 0 Å². The summed E-state index contributed by atoms with van der Waals surface area (Å²) in [6, 6.07) is 1.35. The molecule has 2 heteroatoms. The van der Waals surface area contributed by atoms with Crippen LogP contribution in [0.25, 0.3) is 0 Å². The van der Waals surface area contributed by atoms with Gasteiger partial charge >= 0.3 is 0 Å². The van der Waals surface area contributed by atoms with E-state index < -0.39 is 8.24 Å². The van der Waals surface area contributed by atoms with Crippen molar-refractivity contribution in [3.05, 3.63) is 0 Å². The van der Waals surface area contributed by atoms with Crippen molar-refractivity contribution in [2.45, 2.75) is 78.4 Å². The molecule has 0 heterocycles. The first kappa shape index (κ1) is 16.2. The van der Waals surface area contributed by atoms with Crippen LogP contribution in [0.2, 0.25) is 16.1 Å². The Morgan fingerprint density at radius 1 is 0.750 bits per heavy atom. The zero-order valence-electron chi connectivity index (χ0n) is 13.1. The third-order valence-corrected chi connectivity index (χ3v) is 12.0. The Labute approximate surface area is 105 Å². The van der Waals surface area contributed by atoms with E-state index in [1.54, 1.807) is 0 Å². The summed E-state index contributed by atoms with van der Waals surface area (Å²) in [5.74, 6) is 0. The number of nitrogens with zero attached hydrogens (tertiary/aromatic N) is 1. The predicted molar refractivity (Wildman–Crippen MR) is 78.6 cm³/mol. The van der Waals surface area contributed by atoms with Gasteiger partial charge < -0.3 is 4.57 Å². The van der Waals surface area contributed by atoms with Gasteiger partial charge in [-0.25, -0.2) is 0 Å². The molecule has 0 radical (unpaired) electrons. The Bertz CT molecular complexity index is 192. The van der Waals surface area contributed by atoms with Gasteiger partial charge in [0.1, 0.15) is 8.24 Å². The molecule has 0 aromatic carbocycles. The lowest BCUT2D eigenvalue weighted by Crippen LogP contribution is -2.64. The van der Waals surface area contributed by atoms with Gasteiger partial charge in [0, 0.05) is 0 Å². The van der Waals surface area contributed by atoms with Gasteiger partial charge in [0.15, 0.2) is 0 Å². The van der Waals surface area contributed by atoms with Gasteiger partial charge in [-0.15, -0.1) is 0 Å². The minimum absolute atomic E-state index is 0.437. The lowest BCUT2D eigenvalue weighted by Gasteiger charge is -2.57. The Kier molecular flexibility index (Phi) is 5.28. The first-order valence-corrected chi connectivity index (χ1v) is 8.99. The van der Waals surface area contributed by atoms with E-state index in [0.717, 1.165) is 0 Å². The molecule has 0 saturated heterocycles. The molecule has 0 atom stereocenters. The highest BCUT2D eigenvalue weighted by Crippen LogP contribution is 2.54. The summed E-state index contributed by atoms with van der Waals surface area (Å²) in [5.41, 5.74) is 0. The lowest BCUT2D eigenvalue weighted by molar-refractivity contribution is 0.391. The van der Waals surface area contributed by atoms with Crippen LogP contribution in [0.4, 0.5) is 0 Å². The summed E-state index contributed by atoms with van der Waals surface area (Å²) in [5, 5.41) is 0.873. The molecule has 0 aromatic heterocycles. The molecule has 1 nitrogen and oxygen atoms in total. The molecular formula is C14H33NSi. The second-order valence-corrected chi connectivity index (χ2v) is 12.9. The van der Waals surface area contributed by atoms with E-state index in [-0.39, 0.29) is 0 Å². The molecule has 0 fully saturated rings. The second kappa shape index (κ2) is 5.22. The van der Waals surface area contributed by atoms with Crippen molar-refractivity contribution >= 4 is 8.24 Å². The third kappa shape index (κ3) is 2.53. The van der Waals surface area contributed by atoms with Crippen LogP contribution < -0.4 is 0 Å². The Morgan fingerprint density at radius 2 is 1.06 bits per heavy atom. The van der Waals surface area contributed by atoms with Crippen molar-refractivity contribution in [1.82, 2.24) is 4.57 Å². The van der Waals surface area contributed by atoms with Crippen LogP contribution in [0.1, 0.15) is 62.3 Å². The Morgan fingerprint density at radius 3 is 1.12 bits per heavy atom. The predicted octanol–water partition coefficient (Wildman–Crippen LogP) is 4.89. The Hall–Kier alpha value is 0.177. The van der Waals surface area contributed by atoms with Gasteiger partial charge in [-0.05, 0) is 29.2 Å². The summed E-state index contributed by atoms with van der Waals surface area (Å²) in [7, 11) is -1.47. The highest BCUT2D eigenvalue weighted by Gasteiger charge is 2.54. The maximum Gasteiger partial charge on any atom is 0.138 e. The summed E-state index contributed by atoms with van der Waals surface area (Å²) in [6.45, 7) is 24.1. The van der Waals surface area contributed by atoms with E-state index in [2.05, 4.69) is 66.9 Å². The SMILES string of the molecule is CCN(CC)[Si](CC)(C(C)(C)C)C(C)(C)C. The van der Waals surface area contributed by atoms with Crippen molar-refractivity contribution in [3.8, 4) is 0 Å². The average Bonchev–Trinajstić information content (AvgIpc) is 2.09. The Balaban J connectivity index is 5.65. The fourth-order valence-electron chi connectivity index (χ4n) is 4.12. The summed E-state index contributed by atoms with van der Waals surface area (Å²) in [6.07, 6.45) is 0. The average molecular weight is 244 g/mol. The number of rotatable bonds is 4. The molecule has 0 aliphatic heterocycles. The summed E-state index contributed by atoms with van der Waals surface area (Å²) in [4.78, 5) is 0. The molecule has 0 rings (SSSR count). The molecule has 98 valence electrons. The van der Waals surface area contributed by atoms with Crippen molar-refractivity contribution in [3.63, 3.8) is 0 Å². The third-order valence-electron chi connectivity index (χ3n) is 4.30. The van der Waals surface area contributed by atoms with Crippen LogP contribution in [-0.4, -0.2) is 25.9 Å². The van der Waals surface area contributed by atoms with Crippen LogP contribution in [0.15, 0.2) is 0 Å². The van der Waals surface area contributed by atoms with Crippen molar-refractivity contribution in [2.24, 2.45) is 0 Å². The highest BCUT2D eigenvalue weighted by atomic mass is 28.3. The van der Waals surface area contributed by atoms with E-state index >= 15 is 0 Å². The second-order valence-electron chi connectivity index (χ2n) is 6.89. The highest BCUT2D eigenvalue weighted by molar-refractivity contribution is 6.82. The molecule has 16 heavy (non-hydrogen) atoms. The molecule has 0 spiro atoms. The smallest absolute Gasteiger partial charge is 0.138 e. The zero-order chi connectivity index (χ0) is 13.2. The van der Waals surface area contributed by atoms with E-state index in [1.807, 2.05) is 0 Å². The van der Waals surface area contributed by atoms with Crippen LogP contribution in [-0.2, 0) is 0 Å². The molecule has 0 aliphatic rings. The van der Waals surface area contributed by atoms with Crippen LogP contribution >= 0.6 is 0 Å². The molecule has 0 unspecified atom stereocenters. The van der Waals surface area contributed by atoms with Crippen LogP contribution in [0.5, 0.6) is 0 Å². The molecule has 0 aliphatic carbocycles. The van der Waals surface area contributed by atoms with E-state index in [0.29, 0.717) is 10.1 Å². The fourth-order valence-corrected chi connectivity index (χ4v) is 11.9. The summed E-state index contributed by atoms with van der Waals surface area (Å²) >= 11 is 0. The zero-order valence-corrected chi connectivity index (χ0v) is 14.1. The normalized spacial score (nSPS) is 14.6. The van der Waals surface area contributed by atoms with Gasteiger partial charge in [-0.1, -0.05) is 62.3 Å². The van der Waals surface area contributed by atoms with Gasteiger partial charge in [-0.2, -0.15) is 0 Å². The van der Waals surface area contributed by atoms with Gasteiger partial charge in [-0.3, -0.25) is 0 Å².